The molecule has 0 saturated carbocycles. The number of amides is 1. The summed E-state index contributed by atoms with van der Waals surface area (Å²) < 4.78 is 1.48. The van der Waals surface area contributed by atoms with E-state index in [1.165, 1.54) is 17.0 Å². The molecular weight excluding hydrogens is 356 g/mol. The molecule has 2 aromatic heterocycles. The minimum atomic E-state index is -0.147. The van der Waals surface area contributed by atoms with E-state index in [1.54, 1.807) is 13.2 Å². The van der Waals surface area contributed by atoms with Gasteiger partial charge in [-0.1, -0.05) is 12.2 Å². The number of piperidine rings is 1. The molecule has 0 atom stereocenters. The topological polar surface area (TPSA) is 104 Å². The first-order valence-electron chi connectivity index (χ1n) is 9.24. The number of nitriles is 1. The van der Waals surface area contributed by atoms with Crippen molar-refractivity contribution in [1.82, 2.24) is 19.9 Å². The van der Waals surface area contributed by atoms with Crippen LogP contribution >= 0.6 is 0 Å². The molecule has 2 aromatic rings. The van der Waals surface area contributed by atoms with Gasteiger partial charge in [0.1, 0.15) is 6.07 Å². The number of hydrogen-bond acceptors (Lipinski definition) is 6. The van der Waals surface area contributed by atoms with Gasteiger partial charge in [-0.05, 0) is 24.8 Å². The van der Waals surface area contributed by atoms with Gasteiger partial charge in [-0.25, -0.2) is 9.97 Å². The number of pyridine rings is 1. The summed E-state index contributed by atoms with van der Waals surface area (Å²) in [6, 6.07) is 2.07. The number of aryl methyl sites for hydroxylation is 1. The maximum atomic E-state index is 12.8. The molecule has 1 amide bonds. The van der Waals surface area contributed by atoms with Crippen LogP contribution < -0.4 is 15.8 Å². The number of allylic oxidation sites excluding steroid dienone is 1. The average molecular weight is 376 g/mol. The van der Waals surface area contributed by atoms with Gasteiger partial charge in [-0.2, -0.15) is 5.26 Å². The van der Waals surface area contributed by atoms with Crippen molar-refractivity contribution in [2.45, 2.75) is 25.3 Å². The lowest BCUT2D eigenvalue weighted by molar-refractivity contribution is 0.0930. The summed E-state index contributed by atoms with van der Waals surface area (Å²) in [5.74, 6) is 0.455. The lowest BCUT2D eigenvalue weighted by Crippen LogP contribution is -2.45. The second-order valence-corrected chi connectivity index (χ2v) is 7.08. The molecule has 0 unspecified atom stereocenters. The molecule has 1 aliphatic heterocycles. The summed E-state index contributed by atoms with van der Waals surface area (Å²) in [6.07, 6.45) is 10.6. The Morgan fingerprint density at radius 2 is 2.00 bits per heavy atom. The van der Waals surface area contributed by atoms with E-state index in [9.17, 15) is 9.59 Å². The van der Waals surface area contributed by atoms with E-state index in [1.807, 2.05) is 18.2 Å². The van der Waals surface area contributed by atoms with Gasteiger partial charge in [0.05, 0.1) is 23.5 Å². The van der Waals surface area contributed by atoms with E-state index in [4.69, 9.17) is 5.26 Å². The monoisotopic (exact) mass is 376 g/mol. The zero-order valence-corrected chi connectivity index (χ0v) is 15.6. The van der Waals surface area contributed by atoms with Crippen molar-refractivity contribution in [1.29, 1.82) is 5.26 Å². The summed E-state index contributed by atoms with van der Waals surface area (Å²) in [4.78, 5) is 35.5. The molecule has 1 N–H and O–H groups in total. The van der Waals surface area contributed by atoms with Gasteiger partial charge in [0.15, 0.2) is 0 Å². The van der Waals surface area contributed by atoms with E-state index >= 15 is 0 Å². The quantitative estimate of drug-likeness (QED) is 0.858. The molecule has 0 aromatic carbocycles. The fourth-order valence-electron chi connectivity index (χ4n) is 3.70. The van der Waals surface area contributed by atoms with Gasteiger partial charge in [-0.15, -0.1) is 0 Å². The molecule has 2 aliphatic rings. The number of anilines is 1. The molecule has 0 radical (unpaired) electrons. The molecular formula is C20H20N6O2. The molecule has 1 aliphatic carbocycles. The molecule has 142 valence electrons. The van der Waals surface area contributed by atoms with Crippen LogP contribution in [0.2, 0.25) is 0 Å². The summed E-state index contributed by atoms with van der Waals surface area (Å²) in [7, 11) is 1.67. The Labute approximate surface area is 162 Å². The van der Waals surface area contributed by atoms with Gasteiger partial charge in [-0.3, -0.25) is 9.59 Å². The highest BCUT2D eigenvalue weighted by molar-refractivity contribution is 5.98. The van der Waals surface area contributed by atoms with Crippen LogP contribution in [0.3, 0.4) is 0 Å². The van der Waals surface area contributed by atoms with Crippen molar-refractivity contribution >= 4 is 17.9 Å². The number of rotatable bonds is 3. The third kappa shape index (κ3) is 3.27. The van der Waals surface area contributed by atoms with Gasteiger partial charge in [0, 0.05) is 37.9 Å². The summed E-state index contributed by atoms with van der Waals surface area (Å²) in [6.45, 7) is 1.45. The first kappa shape index (κ1) is 17.9. The highest BCUT2D eigenvalue weighted by atomic mass is 16.2. The molecule has 3 heterocycles. The molecule has 8 nitrogen and oxygen atoms in total. The number of hydrogen-bond donors (Lipinski definition) is 1. The lowest BCUT2D eigenvalue weighted by Gasteiger charge is -2.32. The Hall–Kier alpha value is -3.47. The van der Waals surface area contributed by atoms with E-state index < -0.39 is 0 Å². The molecule has 1 saturated heterocycles. The fraction of sp³-hybridized carbons (Fsp3) is 0.350. The van der Waals surface area contributed by atoms with Gasteiger partial charge < -0.3 is 14.8 Å². The van der Waals surface area contributed by atoms with Crippen molar-refractivity contribution in [3.8, 4) is 6.07 Å². The van der Waals surface area contributed by atoms with Crippen LogP contribution in [0.15, 0.2) is 29.5 Å². The third-order valence-corrected chi connectivity index (χ3v) is 5.25. The maximum absolute atomic E-state index is 12.8. The Kier molecular flexibility index (Phi) is 4.65. The van der Waals surface area contributed by atoms with E-state index in [2.05, 4.69) is 20.2 Å². The first-order valence-corrected chi connectivity index (χ1v) is 9.24. The van der Waals surface area contributed by atoms with Crippen LogP contribution in [-0.2, 0) is 13.5 Å². The lowest BCUT2D eigenvalue weighted by atomic mass is 10.0. The van der Waals surface area contributed by atoms with Crippen molar-refractivity contribution in [3.63, 3.8) is 0 Å². The molecule has 1 fully saturated rings. The van der Waals surface area contributed by atoms with Crippen LogP contribution in [-0.4, -0.2) is 39.6 Å². The zero-order chi connectivity index (χ0) is 19.7. The van der Waals surface area contributed by atoms with E-state index in [0.29, 0.717) is 29.1 Å². The normalized spacial score (nSPS) is 15.9. The predicted molar refractivity (Wildman–Crippen MR) is 104 cm³/mol. The smallest absolute Gasteiger partial charge is 0.254 e. The highest BCUT2D eigenvalue weighted by Gasteiger charge is 2.25. The second-order valence-electron chi connectivity index (χ2n) is 7.08. The summed E-state index contributed by atoms with van der Waals surface area (Å²) in [5, 5.41) is 11.9. The zero-order valence-electron chi connectivity index (χ0n) is 15.6. The number of fused-ring (bicyclic) bond motifs is 1. The van der Waals surface area contributed by atoms with Crippen LogP contribution in [0, 0.1) is 11.3 Å². The molecule has 0 spiro atoms. The molecule has 0 bridgehead atoms. The highest BCUT2D eigenvalue weighted by Crippen LogP contribution is 2.21. The van der Waals surface area contributed by atoms with Gasteiger partial charge in [0.2, 0.25) is 5.95 Å². The number of carbonyl (C=O) groups excluding carboxylic acids is 1. The Morgan fingerprint density at radius 1 is 1.29 bits per heavy atom. The van der Waals surface area contributed by atoms with Crippen molar-refractivity contribution < 1.29 is 4.79 Å². The van der Waals surface area contributed by atoms with Crippen molar-refractivity contribution in [3.05, 3.63) is 57.3 Å². The Balaban J connectivity index is 1.41. The largest absolute Gasteiger partial charge is 0.349 e. The number of aromatic nitrogens is 3. The fourth-order valence-corrected chi connectivity index (χ4v) is 3.70. The van der Waals surface area contributed by atoms with E-state index in [0.717, 1.165) is 31.5 Å². The van der Waals surface area contributed by atoms with Crippen LogP contribution in [0.5, 0.6) is 0 Å². The van der Waals surface area contributed by atoms with Crippen molar-refractivity contribution in [2.24, 2.45) is 7.05 Å². The van der Waals surface area contributed by atoms with E-state index in [-0.39, 0.29) is 17.5 Å². The summed E-state index contributed by atoms with van der Waals surface area (Å²) in [5.41, 5.74) is 2.35. The van der Waals surface area contributed by atoms with Crippen molar-refractivity contribution in [2.75, 3.05) is 18.0 Å². The van der Waals surface area contributed by atoms with Crippen LogP contribution in [0.1, 0.15) is 39.9 Å². The van der Waals surface area contributed by atoms with Gasteiger partial charge >= 0.3 is 0 Å². The molecule has 8 heteroatoms. The second kappa shape index (κ2) is 7.27. The summed E-state index contributed by atoms with van der Waals surface area (Å²) >= 11 is 0. The molecule has 4 rings (SSSR count). The standard InChI is InChI=1S/C20H20N6O2/c1-25-12-17(15-3-2-4-16(15)19(25)28)18(27)24-14-5-7-26(8-6-14)20-22-10-13(9-21)11-23-20/h2-3,10-12,14H,4-8H2,1H3,(H,24,27). The predicted octanol–water partition coefficient (Wildman–Crippen LogP) is 1.02. The Bertz CT molecular complexity index is 1040. The van der Waals surface area contributed by atoms with Crippen LogP contribution in [0.25, 0.3) is 6.08 Å². The SMILES string of the molecule is Cn1cc(C(=O)NC2CCN(c3ncc(C#N)cn3)CC2)c2c(c1=O)CC=C2. The number of carbonyl (C=O) groups is 1. The Morgan fingerprint density at radius 3 is 2.68 bits per heavy atom. The van der Waals surface area contributed by atoms with Crippen LogP contribution in [0.4, 0.5) is 5.95 Å². The first-order chi connectivity index (χ1) is 13.6. The number of nitrogens with one attached hydrogen (secondary N) is 1. The average Bonchev–Trinajstić information content (AvgIpc) is 3.21. The number of nitrogens with zero attached hydrogens (tertiary/aromatic N) is 5. The van der Waals surface area contributed by atoms with Gasteiger partial charge in [0.25, 0.3) is 11.5 Å². The third-order valence-electron chi connectivity index (χ3n) is 5.25. The minimum absolute atomic E-state index is 0.0488. The molecule has 28 heavy (non-hydrogen) atoms. The maximum Gasteiger partial charge on any atom is 0.254 e. The minimum Gasteiger partial charge on any atom is -0.349 e.